The second-order valence-corrected chi connectivity index (χ2v) is 6.21. The summed E-state index contributed by atoms with van der Waals surface area (Å²) in [6, 6.07) is 7.88. The quantitative estimate of drug-likeness (QED) is 0.928. The number of anilines is 1. The van der Waals surface area contributed by atoms with E-state index in [2.05, 4.69) is 25.8 Å². The number of ether oxygens (including phenoxy) is 1. The first-order valence-electron chi connectivity index (χ1n) is 6.89. The summed E-state index contributed by atoms with van der Waals surface area (Å²) in [7, 11) is 0. The van der Waals surface area contributed by atoms with E-state index in [0.717, 1.165) is 17.0 Å². The largest absolute Gasteiger partial charge is 0.491 e. The number of nitrogen functional groups attached to an aromatic ring is 1. The van der Waals surface area contributed by atoms with Gasteiger partial charge in [-0.25, -0.2) is 4.98 Å². The van der Waals surface area contributed by atoms with Crippen molar-refractivity contribution in [1.29, 1.82) is 0 Å². The zero-order valence-electron chi connectivity index (χ0n) is 12.8. The van der Waals surface area contributed by atoms with Gasteiger partial charge in [0, 0.05) is 11.1 Å². The Morgan fingerprint density at radius 2 is 1.95 bits per heavy atom. The molecule has 0 amide bonds. The molecular formula is C16H23N3O. The van der Waals surface area contributed by atoms with Crippen LogP contribution in [0.5, 0.6) is 5.75 Å². The second kappa shape index (κ2) is 5.19. The summed E-state index contributed by atoms with van der Waals surface area (Å²) in [4.78, 5) is 4.46. The van der Waals surface area contributed by atoms with Crippen LogP contribution in [-0.4, -0.2) is 15.7 Å². The minimum absolute atomic E-state index is 0.0820. The third-order valence-corrected chi connectivity index (χ3v) is 3.01. The van der Waals surface area contributed by atoms with Gasteiger partial charge < -0.3 is 15.0 Å². The van der Waals surface area contributed by atoms with Gasteiger partial charge in [0.25, 0.3) is 0 Å². The van der Waals surface area contributed by atoms with Gasteiger partial charge in [0.1, 0.15) is 17.3 Å². The van der Waals surface area contributed by atoms with Crippen LogP contribution in [0.25, 0.3) is 11.3 Å². The van der Waals surface area contributed by atoms with Crippen LogP contribution in [0.3, 0.4) is 0 Å². The summed E-state index contributed by atoms with van der Waals surface area (Å²) in [5, 5.41) is 0. The summed E-state index contributed by atoms with van der Waals surface area (Å²) < 4.78 is 7.70. The molecule has 2 aromatic rings. The first-order valence-corrected chi connectivity index (χ1v) is 6.89. The summed E-state index contributed by atoms with van der Waals surface area (Å²) in [5.74, 6) is 1.52. The van der Waals surface area contributed by atoms with Crippen molar-refractivity contribution in [2.24, 2.45) is 0 Å². The standard InChI is InChI=1S/C16H23N3O/c1-11(2)20-13-8-6-7-12(9-13)14-15(17)19(10-18-14)16(3,4)5/h6-11H,17H2,1-5H3. The number of hydrogen-bond acceptors (Lipinski definition) is 3. The average molecular weight is 273 g/mol. The van der Waals surface area contributed by atoms with Gasteiger partial charge in [0.05, 0.1) is 12.4 Å². The number of benzene rings is 1. The smallest absolute Gasteiger partial charge is 0.132 e. The molecule has 4 heteroatoms. The Kier molecular flexibility index (Phi) is 3.75. The normalized spacial score (nSPS) is 11.9. The molecule has 0 bridgehead atoms. The molecule has 1 aromatic heterocycles. The molecule has 0 saturated heterocycles. The predicted molar refractivity (Wildman–Crippen MR) is 82.8 cm³/mol. The van der Waals surface area contributed by atoms with E-state index < -0.39 is 0 Å². The fourth-order valence-corrected chi connectivity index (χ4v) is 2.10. The monoisotopic (exact) mass is 273 g/mol. The van der Waals surface area contributed by atoms with Gasteiger partial charge >= 0.3 is 0 Å². The maximum atomic E-state index is 6.23. The molecular weight excluding hydrogens is 250 g/mol. The summed E-state index contributed by atoms with van der Waals surface area (Å²) in [5.41, 5.74) is 7.93. The SMILES string of the molecule is CC(C)Oc1cccc(-c2ncn(C(C)(C)C)c2N)c1. The maximum Gasteiger partial charge on any atom is 0.132 e. The Labute approximate surface area is 120 Å². The van der Waals surface area contributed by atoms with Crippen molar-refractivity contribution in [2.45, 2.75) is 46.3 Å². The number of imidazole rings is 1. The van der Waals surface area contributed by atoms with E-state index in [-0.39, 0.29) is 11.6 Å². The van der Waals surface area contributed by atoms with Crippen molar-refractivity contribution >= 4 is 5.82 Å². The van der Waals surface area contributed by atoms with Crippen LogP contribution in [0.1, 0.15) is 34.6 Å². The van der Waals surface area contributed by atoms with Crippen molar-refractivity contribution in [3.05, 3.63) is 30.6 Å². The van der Waals surface area contributed by atoms with Crippen LogP contribution in [0, 0.1) is 0 Å². The predicted octanol–water partition coefficient (Wildman–Crippen LogP) is 3.67. The number of nitrogens with two attached hydrogens (primary N) is 1. The molecule has 0 radical (unpaired) electrons. The summed E-state index contributed by atoms with van der Waals surface area (Å²) in [6.07, 6.45) is 1.94. The van der Waals surface area contributed by atoms with Crippen LogP contribution in [0.4, 0.5) is 5.82 Å². The number of rotatable bonds is 3. The minimum Gasteiger partial charge on any atom is -0.491 e. The topological polar surface area (TPSA) is 53.1 Å². The second-order valence-electron chi connectivity index (χ2n) is 6.21. The van der Waals surface area contributed by atoms with Crippen molar-refractivity contribution in [3.63, 3.8) is 0 Å². The summed E-state index contributed by atoms with van der Waals surface area (Å²) >= 11 is 0. The Bertz CT molecular complexity index is 594. The Hall–Kier alpha value is -1.97. The molecule has 0 atom stereocenters. The zero-order valence-corrected chi connectivity index (χ0v) is 12.8. The van der Waals surface area contributed by atoms with E-state index in [4.69, 9.17) is 10.5 Å². The highest BCUT2D eigenvalue weighted by Gasteiger charge is 2.19. The number of nitrogens with zero attached hydrogens (tertiary/aromatic N) is 2. The highest BCUT2D eigenvalue weighted by atomic mass is 16.5. The first-order chi connectivity index (χ1) is 9.29. The van der Waals surface area contributed by atoms with E-state index in [9.17, 15) is 0 Å². The van der Waals surface area contributed by atoms with Gasteiger partial charge in [-0.3, -0.25) is 0 Å². The molecule has 1 aromatic carbocycles. The third kappa shape index (κ3) is 2.95. The van der Waals surface area contributed by atoms with Crippen LogP contribution >= 0.6 is 0 Å². The van der Waals surface area contributed by atoms with Gasteiger partial charge in [-0.15, -0.1) is 0 Å². The first kappa shape index (κ1) is 14.4. The number of hydrogen-bond donors (Lipinski definition) is 1. The molecule has 108 valence electrons. The van der Waals surface area contributed by atoms with Gasteiger partial charge in [-0.2, -0.15) is 0 Å². The van der Waals surface area contributed by atoms with Gasteiger partial charge in [0.2, 0.25) is 0 Å². The van der Waals surface area contributed by atoms with Crippen molar-refractivity contribution in [2.75, 3.05) is 5.73 Å². The number of aromatic nitrogens is 2. The third-order valence-electron chi connectivity index (χ3n) is 3.01. The molecule has 0 aliphatic carbocycles. The van der Waals surface area contributed by atoms with Crippen LogP contribution < -0.4 is 10.5 Å². The molecule has 0 aliphatic heterocycles. The molecule has 20 heavy (non-hydrogen) atoms. The van der Waals surface area contributed by atoms with Crippen LogP contribution in [-0.2, 0) is 5.54 Å². The summed E-state index contributed by atoms with van der Waals surface area (Å²) in [6.45, 7) is 10.3. The van der Waals surface area contributed by atoms with Crippen LogP contribution in [0.15, 0.2) is 30.6 Å². The molecule has 0 spiro atoms. The molecule has 0 unspecified atom stereocenters. The molecule has 4 nitrogen and oxygen atoms in total. The molecule has 0 fully saturated rings. The lowest BCUT2D eigenvalue weighted by atomic mass is 10.1. The highest BCUT2D eigenvalue weighted by Crippen LogP contribution is 2.30. The Morgan fingerprint density at radius 1 is 1.25 bits per heavy atom. The lowest BCUT2D eigenvalue weighted by Gasteiger charge is -2.22. The highest BCUT2D eigenvalue weighted by molar-refractivity contribution is 5.71. The van der Waals surface area contributed by atoms with Crippen molar-refractivity contribution < 1.29 is 4.74 Å². The maximum absolute atomic E-state index is 6.23. The van der Waals surface area contributed by atoms with E-state index in [1.54, 1.807) is 6.33 Å². The molecule has 2 rings (SSSR count). The molecule has 1 heterocycles. The lowest BCUT2D eigenvalue weighted by molar-refractivity contribution is 0.242. The van der Waals surface area contributed by atoms with Gasteiger partial charge in [-0.1, -0.05) is 12.1 Å². The zero-order chi connectivity index (χ0) is 14.9. The van der Waals surface area contributed by atoms with E-state index in [0.29, 0.717) is 5.82 Å². The van der Waals surface area contributed by atoms with Crippen molar-refractivity contribution in [3.8, 4) is 17.0 Å². The van der Waals surface area contributed by atoms with Crippen molar-refractivity contribution in [1.82, 2.24) is 9.55 Å². The fourth-order valence-electron chi connectivity index (χ4n) is 2.10. The average Bonchev–Trinajstić information content (AvgIpc) is 2.70. The lowest BCUT2D eigenvalue weighted by Crippen LogP contribution is -2.22. The van der Waals surface area contributed by atoms with E-state index >= 15 is 0 Å². The molecule has 0 aliphatic rings. The minimum atomic E-state index is -0.0820. The molecule has 2 N–H and O–H groups in total. The van der Waals surface area contributed by atoms with E-state index in [1.807, 2.05) is 42.7 Å². The van der Waals surface area contributed by atoms with Gasteiger partial charge in [-0.05, 0) is 46.8 Å². The molecule has 0 saturated carbocycles. The fraction of sp³-hybridized carbons (Fsp3) is 0.438. The Balaban J connectivity index is 2.40. The van der Waals surface area contributed by atoms with E-state index in [1.165, 1.54) is 0 Å². The van der Waals surface area contributed by atoms with Gasteiger partial charge in [0.15, 0.2) is 0 Å². The van der Waals surface area contributed by atoms with Crippen LogP contribution in [0.2, 0.25) is 0 Å². The Morgan fingerprint density at radius 3 is 2.50 bits per heavy atom.